The van der Waals surface area contributed by atoms with Crippen molar-refractivity contribution in [1.82, 2.24) is 0 Å². The molecule has 2 aliphatic heterocycles. The van der Waals surface area contributed by atoms with E-state index in [1.165, 1.54) is 0 Å². The Balaban J connectivity index is 1.78. The third-order valence-electron chi connectivity index (χ3n) is 5.92. The Hall–Kier alpha value is -0.870. The zero-order chi connectivity index (χ0) is 13.5. The normalized spacial score (nSPS) is 59.0. The van der Waals surface area contributed by atoms with Gasteiger partial charge in [-0.3, -0.25) is 4.79 Å². The van der Waals surface area contributed by atoms with E-state index < -0.39 is 6.10 Å². The fraction of sp³-hybridized carbons (Fsp3) is 0.800. The van der Waals surface area contributed by atoms with Gasteiger partial charge in [0, 0.05) is 11.8 Å². The summed E-state index contributed by atoms with van der Waals surface area (Å²) in [6, 6.07) is 0. The molecule has 104 valence electrons. The van der Waals surface area contributed by atoms with Crippen molar-refractivity contribution in [2.24, 2.45) is 23.7 Å². The predicted molar refractivity (Wildman–Crippen MR) is 67.2 cm³/mol. The van der Waals surface area contributed by atoms with Crippen molar-refractivity contribution in [3.63, 3.8) is 0 Å². The van der Waals surface area contributed by atoms with Gasteiger partial charge in [-0.05, 0) is 25.7 Å². The van der Waals surface area contributed by atoms with E-state index in [1.807, 2.05) is 6.92 Å². The topological polar surface area (TPSA) is 59.1 Å². The summed E-state index contributed by atoms with van der Waals surface area (Å²) in [4.78, 5) is 11.9. The molecule has 0 aromatic carbocycles. The first-order valence-corrected chi connectivity index (χ1v) is 7.17. The van der Waals surface area contributed by atoms with Gasteiger partial charge in [0.25, 0.3) is 0 Å². The molecule has 2 heterocycles. The van der Waals surface area contributed by atoms with Crippen LogP contribution in [0.5, 0.6) is 0 Å². The largest absolute Gasteiger partial charge is 0.461 e. The second-order valence-corrected chi connectivity index (χ2v) is 6.86. The first-order valence-electron chi connectivity index (χ1n) is 7.17. The van der Waals surface area contributed by atoms with Gasteiger partial charge in [-0.25, -0.2) is 0 Å². The molecule has 1 N–H and O–H groups in total. The summed E-state index contributed by atoms with van der Waals surface area (Å²) in [5.41, 5.74) is 0.928. The fourth-order valence-corrected chi connectivity index (χ4v) is 4.78. The number of rotatable bonds is 0. The van der Waals surface area contributed by atoms with Gasteiger partial charge in [0.15, 0.2) is 0 Å². The number of esters is 1. The van der Waals surface area contributed by atoms with Gasteiger partial charge in [-0.1, -0.05) is 19.1 Å². The summed E-state index contributed by atoms with van der Waals surface area (Å²) in [6.45, 7) is 8.14. The molecular formula is C15H20O4. The Morgan fingerprint density at radius 3 is 2.95 bits per heavy atom. The van der Waals surface area contributed by atoms with Crippen molar-refractivity contribution in [3.05, 3.63) is 12.2 Å². The lowest BCUT2D eigenvalue weighted by molar-refractivity contribution is -0.147. The lowest BCUT2D eigenvalue weighted by Gasteiger charge is -2.31. The molecule has 0 radical (unpaired) electrons. The number of epoxide rings is 1. The van der Waals surface area contributed by atoms with Crippen molar-refractivity contribution < 1.29 is 19.4 Å². The molecule has 4 heteroatoms. The third kappa shape index (κ3) is 1.34. The summed E-state index contributed by atoms with van der Waals surface area (Å²) in [6.07, 6.45) is 1.10. The highest BCUT2D eigenvalue weighted by atomic mass is 16.6. The van der Waals surface area contributed by atoms with Gasteiger partial charge in [0.1, 0.15) is 6.10 Å². The van der Waals surface area contributed by atoms with Gasteiger partial charge >= 0.3 is 5.97 Å². The number of hydrogen-bond donors (Lipinski definition) is 1. The molecule has 4 aliphatic rings. The number of ether oxygens (including phenoxy) is 2. The SMILES string of the molecule is C=C1C[C@@H](O)[C@H]2[C@@H](OC(=O)[C@H]2C)[C@@H]2[C@H]1C[C@H]1O[C@]21C. The molecule has 0 aromatic heterocycles. The van der Waals surface area contributed by atoms with Crippen LogP contribution in [0.1, 0.15) is 26.7 Å². The number of fused-ring (bicyclic) bond motifs is 5. The van der Waals surface area contributed by atoms with Crippen LogP contribution in [0.3, 0.4) is 0 Å². The highest BCUT2D eigenvalue weighted by molar-refractivity contribution is 5.75. The molecule has 2 saturated heterocycles. The molecule has 19 heavy (non-hydrogen) atoms. The van der Waals surface area contributed by atoms with Crippen LogP contribution in [0.4, 0.5) is 0 Å². The van der Waals surface area contributed by atoms with E-state index in [4.69, 9.17) is 9.47 Å². The maximum atomic E-state index is 11.9. The Labute approximate surface area is 112 Å². The monoisotopic (exact) mass is 264 g/mol. The maximum Gasteiger partial charge on any atom is 0.309 e. The quantitative estimate of drug-likeness (QED) is 0.407. The van der Waals surface area contributed by atoms with Gasteiger partial charge in [0.05, 0.1) is 23.7 Å². The molecule has 2 aliphatic carbocycles. The number of aliphatic hydroxyl groups excluding tert-OH is 1. The molecule has 0 aromatic rings. The second kappa shape index (κ2) is 3.41. The summed E-state index contributed by atoms with van der Waals surface area (Å²) in [5.74, 6) is -0.0208. The summed E-state index contributed by atoms with van der Waals surface area (Å²) in [7, 11) is 0. The molecular weight excluding hydrogens is 244 g/mol. The highest BCUT2D eigenvalue weighted by Crippen LogP contribution is 2.63. The van der Waals surface area contributed by atoms with Crippen LogP contribution >= 0.6 is 0 Å². The molecule has 0 unspecified atom stereocenters. The Kier molecular flexibility index (Phi) is 2.14. The van der Waals surface area contributed by atoms with Gasteiger partial charge < -0.3 is 14.6 Å². The molecule has 8 atom stereocenters. The van der Waals surface area contributed by atoms with Crippen molar-refractivity contribution in [2.75, 3.05) is 0 Å². The van der Waals surface area contributed by atoms with Crippen LogP contribution in [0.2, 0.25) is 0 Å². The van der Waals surface area contributed by atoms with Crippen molar-refractivity contribution in [2.45, 2.75) is 50.6 Å². The van der Waals surface area contributed by atoms with Crippen LogP contribution in [-0.4, -0.2) is 35.0 Å². The van der Waals surface area contributed by atoms with Crippen LogP contribution in [0.15, 0.2) is 12.2 Å². The van der Waals surface area contributed by atoms with Crippen LogP contribution < -0.4 is 0 Å². The van der Waals surface area contributed by atoms with E-state index in [2.05, 4.69) is 13.5 Å². The van der Waals surface area contributed by atoms with Crippen molar-refractivity contribution in [1.29, 1.82) is 0 Å². The summed E-state index contributed by atoms with van der Waals surface area (Å²) >= 11 is 0. The summed E-state index contributed by atoms with van der Waals surface area (Å²) < 4.78 is 11.4. The van der Waals surface area contributed by atoms with Crippen LogP contribution in [-0.2, 0) is 14.3 Å². The van der Waals surface area contributed by atoms with E-state index in [0.717, 1.165) is 12.0 Å². The predicted octanol–water partition coefficient (Wildman–Crippen LogP) is 1.28. The van der Waals surface area contributed by atoms with Crippen molar-refractivity contribution in [3.8, 4) is 0 Å². The van der Waals surface area contributed by atoms with Crippen LogP contribution in [0.25, 0.3) is 0 Å². The molecule has 4 nitrogen and oxygen atoms in total. The molecule has 0 bridgehead atoms. The highest BCUT2D eigenvalue weighted by Gasteiger charge is 2.71. The smallest absolute Gasteiger partial charge is 0.309 e. The number of aliphatic hydroxyl groups is 1. The lowest BCUT2D eigenvalue weighted by atomic mass is 9.77. The molecule has 0 spiro atoms. The maximum absolute atomic E-state index is 11.9. The van der Waals surface area contributed by atoms with E-state index >= 15 is 0 Å². The Morgan fingerprint density at radius 2 is 2.21 bits per heavy atom. The minimum atomic E-state index is -0.523. The number of hydrogen-bond acceptors (Lipinski definition) is 4. The van der Waals surface area contributed by atoms with E-state index in [9.17, 15) is 9.90 Å². The average molecular weight is 264 g/mol. The number of carbonyl (C=O) groups is 1. The first-order chi connectivity index (χ1) is 8.93. The van der Waals surface area contributed by atoms with Gasteiger partial charge in [-0.15, -0.1) is 0 Å². The van der Waals surface area contributed by atoms with E-state index in [0.29, 0.717) is 12.3 Å². The molecule has 4 fully saturated rings. The van der Waals surface area contributed by atoms with Gasteiger partial charge in [-0.2, -0.15) is 0 Å². The third-order valence-corrected chi connectivity index (χ3v) is 5.92. The van der Waals surface area contributed by atoms with E-state index in [-0.39, 0.29) is 41.5 Å². The standard InChI is InChI=1S/C15H20O4/c1-6-4-9(16)11-7(2)14(17)18-13(11)12-8(6)5-10-15(12,3)19-10/h7-13,16H,1,4-5H2,2-3H3/t7-,8-,9+,10+,11-,12-,13+,15-/m0/s1. The van der Waals surface area contributed by atoms with Gasteiger partial charge in [0.2, 0.25) is 0 Å². The first kappa shape index (κ1) is 11.9. The van der Waals surface area contributed by atoms with Crippen LogP contribution in [0, 0.1) is 23.7 Å². The molecule has 4 rings (SSSR count). The minimum absolute atomic E-state index is 0.112. The zero-order valence-electron chi connectivity index (χ0n) is 11.3. The molecule has 0 amide bonds. The average Bonchev–Trinajstić information content (AvgIpc) is 2.79. The van der Waals surface area contributed by atoms with Crippen molar-refractivity contribution >= 4 is 5.97 Å². The van der Waals surface area contributed by atoms with E-state index in [1.54, 1.807) is 0 Å². The fourth-order valence-electron chi connectivity index (χ4n) is 4.78. The number of carbonyl (C=O) groups excluding carboxylic acids is 1. The second-order valence-electron chi connectivity index (χ2n) is 6.86. The lowest BCUT2D eigenvalue weighted by Crippen LogP contribution is -2.40. The summed E-state index contributed by atoms with van der Waals surface area (Å²) in [5, 5.41) is 10.4. The zero-order valence-corrected chi connectivity index (χ0v) is 11.3. The Morgan fingerprint density at radius 1 is 1.47 bits per heavy atom. The minimum Gasteiger partial charge on any atom is -0.461 e. The Bertz CT molecular complexity index is 473. The molecule has 2 saturated carbocycles.